The van der Waals surface area contributed by atoms with Crippen LogP contribution >= 0.6 is 0 Å². The Labute approximate surface area is 150 Å². The molecule has 0 bridgehead atoms. The molecule has 132 valence electrons. The quantitative estimate of drug-likeness (QED) is 0.785. The molecule has 0 fully saturated rings. The van der Waals surface area contributed by atoms with E-state index in [1.165, 1.54) is 24.3 Å². The Morgan fingerprint density at radius 2 is 1.92 bits per heavy atom. The highest BCUT2D eigenvalue weighted by Crippen LogP contribution is 2.28. The average molecular weight is 351 g/mol. The van der Waals surface area contributed by atoms with Gasteiger partial charge in [-0.25, -0.2) is 4.39 Å². The van der Waals surface area contributed by atoms with Crippen LogP contribution in [0.4, 0.5) is 4.39 Å². The molecule has 6 heteroatoms. The van der Waals surface area contributed by atoms with Gasteiger partial charge in [-0.3, -0.25) is 9.89 Å². The molecule has 2 aromatic carbocycles. The van der Waals surface area contributed by atoms with Crippen molar-refractivity contribution in [2.24, 2.45) is 0 Å². The summed E-state index contributed by atoms with van der Waals surface area (Å²) < 4.78 is 18.4. The number of aromatic amines is 1. The van der Waals surface area contributed by atoms with Crippen LogP contribution in [-0.2, 0) is 17.8 Å². The summed E-state index contributed by atoms with van der Waals surface area (Å²) in [6, 6.07) is 15.6. The first-order valence-electron chi connectivity index (χ1n) is 8.48. The van der Waals surface area contributed by atoms with Gasteiger partial charge in [0.25, 0.3) is 5.91 Å². The number of aromatic nitrogens is 2. The van der Waals surface area contributed by atoms with Gasteiger partial charge in [0.2, 0.25) is 0 Å². The third-order valence-electron chi connectivity index (χ3n) is 4.51. The average Bonchev–Trinajstić information content (AvgIpc) is 3.11. The van der Waals surface area contributed by atoms with Crippen LogP contribution in [0.3, 0.4) is 0 Å². The number of fused-ring (bicyclic) bond motifs is 1. The lowest BCUT2D eigenvalue weighted by atomic mass is 10.0. The molecule has 0 radical (unpaired) electrons. The number of nitrogens with zero attached hydrogens (tertiary/aromatic N) is 2. The highest BCUT2D eigenvalue weighted by atomic mass is 19.1. The fourth-order valence-electron chi connectivity index (χ4n) is 3.11. The molecule has 0 saturated heterocycles. The number of halogens is 1. The number of hydrogen-bond donors (Lipinski definition) is 1. The summed E-state index contributed by atoms with van der Waals surface area (Å²) >= 11 is 0. The maximum Gasteiger partial charge on any atom is 0.260 e. The second-order valence-electron chi connectivity index (χ2n) is 6.20. The summed E-state index contributed by atoms with van der Waals surface area (Å²) in [5.41, 5.74) is 4.05. The van der Waals surface area contributed by atoms with Crippen molar-refractivity contribution in [2.45, 2.75) is 13.0 Å². The van der Waals surface area contributed by atoms with Crippen LogP contribution in [0.25, 0.3) is 11.3 Å². The van der Waals surface area contributed by atoms with E-state index in [2.05, 4.69) is 10.2 Å². The summed E-state index contributed by atoms with van der Waals surface area (Å²) in [5.74, 6) is 0.0477. The molecular weight excluding hydrogens is 333 g/mol. The van der Waals surface area contributed by atoms with Crippen molar-refractivity contribution in [3.05, 3.63) is 71.7 Å². The fourth-order valence-corrected chi connectivity index (χ4v) is 3.11. The van der Waals surface area contributed by atoms with Crippen molar-refractivity contribution in [3.63, 3.8) is 0 Å². The van der Waals surface area contributed by atoms with Gasteiger partial charge in [0.1, 0.15) is 11.6 Å². The van der Waals surface area contributed by atoms with Crippen LogP contribution < -0.4 is 4.74 Å². The Kier molecular flexibility index (Phi) is 4.39. The number of rotatable bonds is 4. The summed E-state index contributed by atoms with van der Waals surface area (Å²) in [6.45, 7) is 1.05. The lowest BCUT2D eigenvalue weighted by Crippen LogP contribution is -2.38. The van der Waals surface area contributed by atoms with E-state index in [9.17, 15) is 9.18 Å². The van der Waals surface area contributed by atoms with Crippen molar-refractivity contribution in [3.8, 4) is 17.0 Å². The zero-order chi connectivity index (χ0) is 17.9. The summed E-state index contributed by atoms with van der Waals surface area (Å²) in [5, 5.41) is 7.53. The van der Waals surface area contributed by atoms with Gasteiger partial charge in [0.05, 0.1) is 5.69 Å². The largest absolute Gasteiger partial charge is 0.484 e. The predicted octanol–water partition coefficient (Wildman–Crippen LogP) is 3.18. The van der Waals surface area contributed by atoms with E-state index in [0.29, 0.717) is 18.8 Å². The highest BCUT2D eigenvalue weighted by molar-refractivity contribution is 5.78. The van der Waals surface area contributed by atoms with Crippen LogP contribution in [0, 0.1) is 5.82 Å². The van der Waals surface area contributed by atoms with Crippen LogP contribution in [0.15, 0.2) is 54.6 Å². The van der Waals surface area contributed by atoms with E-state index in [1.54, 1.807) is 4.90 Å². The zero-order valence-corrected chi connectivity index (χ0v) is 14.1. The normalized spacial score (nSPS) is 13.3. The molecule has 4 rings (SSSR count). The highest BCUT2D eigenvalue weighted by Gasteiger charge is 2.25. The lowest BCUT2D eigenvalue weighted by molar-refractivity contribution is -0.134. The van der Waals surface area contributed by atoms with Crippen LogP contribution in [0.1, 0.15) is 11.3 Å². The number of amides is 1. The smallest absolute Gasteiger partial charge is 0.260 e. The van der Waals surface area contributed by atoms with Gasteiger partial charge in [-0.05, 0) is 24.3 Å². The van der Waals surface area contributed by atoms with Crippen molar-refractivity contribution in [1.29, 1.82) is 0 Å². The van der Waals surface area contributed by atoms with Gasteiger partial charge < -0.3 is 9.64 Å². The van der Waals surface area contributed by atoms with Crippen molar-refractivity contribution >= 4 is 5.91 Å². The first kappa shape index (κ1) is 16.3. The predicted molar refractivity (Wildman–Crippen MR) is 95.0 cm³/mol. The van der Waals surface area contributed by atoms with Gasteiger partial charge in [-0.1, -0.05) is 30.3 Å². The molecule has 0 unspecified atom stereocenters. The Bertz CT molecular complexity index is 907. The molecule has 1 aromatic heterocycles. The topological polar surface area (TPSA) is 58.2 Å². The SMILES string of the molecule is O=C(COc1ccc(F)cc1)N1CCc2[nH]nc(-c3ccccc3)c2C1. The molecule has 1 aliphatic heterocycles. The molecule has 2 heterocycles. The molecule has 1 amide bonds. The van der Waals surface area contributed by atoms with E-state index in [0.717, 1.165) is 28.9 Å². The van der Waals surface area contributed by atoms with Crippen molar-refractivity contribution in [1.82, 2.24) is 15.1 Å². The van der Waals surface area contributed by atoms with Gasteiger partial charge >= 0.3 is 0 Å². The Morgan fingerprint density at radius 3 is 2.69 bits per heavy atom. The maximum absolute atomic E-state index is 12.9. The molecule has 1 N–H and O–H groups in total. The first-order chi connectivity index (χ1) is 12.7. The minimum Gasteiger partial charge on any atom is -0.484 e. The zero-order valence-electron chi connectivity index (χ0n) is 14.1. The Hall–Kier alpha value is -3.15. The minimum absolute atomic E-state index is 0.0700. The molecule has 26 heavy (non-hydrogen) atoms. The lowest BCUT2D eigenvalue weighted by Gasteiger charge is -2.27. The molecule has 0 atom stereocenters. The number of carbonyl (C=O) groups excluding carboxylic acids is 1. The maximum atomic E-state index is 12.9. The van der Waals surface area contributed by atoms with Crippen LogP contribution in [0.2, 0.25) is 0 Å². The number of ether oxygens (including phenoxy) is 1. The number of hydrogen-bond acceptors (Lipinski definition) is 3. The third kappa shape index (κ3) is 3.31. The van der Waals surface area contributed by atoms with E-state index >= 15 is 0 Å². The second-order valence-corrected chi connectivity index (χ2v) is 6.20. The van der Waals surface area contributed by atoms with E-state index in [-0.39, 0.29) is 18.3 Å². The number of H-pyrrole nitrogens is 1. The van der Waals surface area contributed by atoms with Crippen molar-refractivity contribution in [2.75, 3.05) is 13.2 Å². The second kappa shape index (κ2) is 7.00. The number of benzene rings is 2. The molecule has 0 spiro atoms. The monoisotopic (exact) mass is 351 g/mol. The van der Waals surface area contributed by atoms with Crippen molar-refractivity contribution < 1.29 is 13.9 Å². The standard InChI is InChI=1S/C20H18FN3O2/c21-15-6-8-16(9-7-15)26-13-19(25)24-11-10-18-17(12-24)20(23-22-18)14-4-2-1-3-5-14/h1-9H,10-13H2,(H,22,23). The molecule has 0 aliphatic carbocycles. The van der Waals surface area contributed by atoms with Crippen LogP contribution in [0.5, 0.6) is 5.75 Å². The van der Waals surface area contributed by atoms with E-state index in [1.807, 2.05) is 30.3 Å². The summed E-state index contributed by atoms with van der Waals surface area (Å²) in [6.07, 6.45) is 0.734. The van der Waals surface area contributed by atoms with Gasteiger partial charge in [0, 0.05) is 36.3 Å². The van der Waals surface area contributed by atoms with Gasteiger partial charge in [0.15, 0.2) is 6.61 Å². The van der Waals surface area contributed by atoms with E-state index in [4.69, 9.17) is 4.74 Å². The number of nitrogens with one attached hydrogen (secondary N) is 1. The first-order valence-corrected chi connectivity index (χ1v) is 8.48. The van der Waals surface area contributed by atoms with E-state index < -0.39 is 0 Å². The number of carbonyl (C=O) groups is 1. The van der Waals surface area contributed by atoms with Crippen LogP contribution in [-0.4, -0.2) is 34.2 Å². The Morgan fingerprint density at radius 1 is 1.15 bits per heavy atom. The van der Waals surface area contributed by atoms with Gasteiger partial charge in [-0.2, -0.15) is 5.10 Å². The van der Waals surface area contributed by atoms with Gasteiger partial charge in [-0.15, -0.1) is 0 Å². The molecule has 3 aromatic rings. The molecule has 5 nitrogen and oxygen atoms in total. The Balaban J connectivity index is 1.45. The molecular formula is C20H18FN3O2. The third-order valence-corrected chi connectivity index (χ3v) is 4.51. The fraction of sp³-hybridized carbons (Fsp3) is 0.200. The minimum atomic E-state index is -0.333. The summed E-state index contributed by atoms with van der Waals surface area (Å²) in [4.78, 5) is 14.3. The molecule has 0 saturated carbocycles. The molecule has 1 aliphatic rings. The summed E-state index contributed by atoms with van der Waals surface area (Å²) in [7, 11) is 0.